The molecule has 0 fully saturated rings. The van der Waals surface area contributed by atoms with Gasteiger partial charge in [-0.3, -0.25) is 9.59 Å². The average Bonchev–Trinajstić information content (AvgIpc) is 3.24. The van der Waals surface area contributed by atoms with Gasteiger partial charge in [0.05, 0.1) is 25.2 Å². The predicted molar refractivity (Wildman–Crippen MR) is 260 cm³/mol. The minimum Gasteiger partial charge on any atom is -0.462 e. The summed E-state index contributed by atoms with van der Waals surface area (Å²) in [5.41, 5.74) is 0. The summed E-state index contributed by atoms with van der Waals surface area (Å²) in [5.74, 6) is -0.466. The molecule has 0 spiro atoms. The smallest absolute Gasteiger partial charge is 0.306 e. The number of carbonyl (C=O) groups is 2. The molecule has 3 unspecified atom stereocenters. The third-order valence-corrected chi connectivity index (χ3v) is 12.6. The van der Waals surface area contributed by atoms with Gasteiger partial charge in [0, 0.05) is 6.42 Å². The van der Waals surface area contributed by atoms with Gasteiger partial charge in [0.2, 0.25) is 5.91 Å². The van der Waals surface area contributed by atoms with E-state index in [1.165, 1.54) is 199 Å². The Morgan fingerprint density at radius 3 is 1.18 bits per heavy atom. The molecule has 0 aromatic heterocycles. The van der Waals surface area contributed by atoms with Gasteiger partial charge in [-0.1, -0.05) is 245 Å². The summed E-state index contributed by atoms with van der Waals surface area (Å²) in [6.07, 6.45) is 54.2. The van der Waals surface area contributed by atoms with Crippen molar-refractivity contribution in [2.45, 2.75) is 315 Å². The van der Waals surface area contributed by atoms with Crippen LogP contribution in [0.25, 0.3) is 0 Å². The highest BCUT2D eigenvalue weighted by Crippen LogP contribution is 2.18. The Kier molecular flexibility index (Phi) is 47.5. The van der Waals surface area contributed by atoms with Gasteiger partial charge in [-0.25, -0.2) is 0 Å². The maximum Gasteiger partial charge on any atom is 0.306 e. The Hall–Kier alpha value is -1.40. The van der Waals surface area contributed by atoms with E-state index in [0.29, 0.717) is 19.3 Å². The van der Waals surface area contributed by atoms with Crippen molar-refractivity contribution in [3.05, 3.63) is 12.2 Å². The molecule has 0 heterocycles. The average molecular weight is 848 g/mol. The number of ether oxygens (including phenoxy) is 1. The Bertz CT molecular complexity index is 909. The van der Waals surface area contributed by atoms with Crippen molar-refractivity contribution in [2.75, 3.05) is 6.61 Å². The summed E-state index contributed by atoms with van der Waals surface area (Å²) in [6.45, 7) is 6.49. The molecule has 0 aliphatic heterocycles. The van der Waals surface area contributed by atoms with E-state index < -0.39 is 18.2 Å². The molecule has 1 amide bonds. The van der Waals surface area contributed by atoms with Gasteiger partial charge < -0.3 is 20.3 Å². The van der Waals surface area contributed by atoms with Crippen LogP contribution in [0.15, 0.2) is 12.2 Å². The molecule has 0 aliphatic rings. The molecule has 6 nitrogen and oxygen atoms in total. The maximum absolute atomic E-state index is 13.2. The van der Waals surface area contributed by atoms with Crippen molar-refractivity contribution in [3.8, 4) is 0 Å². The topological polar surface area (TPSA) is 95.9 Å². The van der Waals surface area contributed by atoms with Crippen LogP contribution in [-0.4, -0.2) is 46.9 Å². The number of aliphatic hydroxyl groups excluding tert-OH is 2. The van der Waals surface area contributed by atoms with Crippen molar-refractivity contribution >= 4 is 11.9 Å². The van der Waals surface area contributed by atoms with E-state index in [0.717, 1.165) is 51.4 Å². The molecule has 0 saturated heterocycles. The van der Waals surface area contributed by atoms with Crippen molar-refractivity contribution < 1.29 is 24.5 Å². The number of hydrogen-bond donors (Lipinski definition) is 3. The number of aliphatic hydroxyl groups is 2. The highest BCUT2D eigenvalue weighted by atomic mass is 16.5. The second kappa shape index (κ2) is 48.6. The Labute approximate surface area is 374 Å². The number of carbonyl (C=O) groups excluding carboxylic acids is 2. The van der Waals surface area contributed by atoms with Crippen molar-refractivity contribution in [2.24, 2.45) is 0 Å². The number of esters is 1. The third kappa shape index (κ3) is 43.3. The number of hydrogen-bond acceptors (Lipinski definition) is 5. The molecule has 0 aliphatic carbocycles. The van der Waals surface area contributed by atoms with Gasteiger partial charge in [-0.2, -0.15) is 0 Å². The number of unbranched alkanes of at least 4 members (excludes halogenated alkanes) is 35. The van der Waals surface area contributed by atoms with Crippen LogP contribution in [0.4, 0.5) is 0 Å². The highest BCUT2D eigenvalue weighted by molar-refractivity contribution is 5.77. The fourth-order valence-electron chi connectivity index (χ4n) is 8.49. The minimum absolute atomic E-state index is 0.0814. The van der Waals surface area contributed by atoms with E-state index in [-0.39, 0.29) is 24.9 Å². The van der Waals surface area contributed by atoms with Crippen LogP contribution >= 0.6 is 0 Å². The zero-order chi connectivity index (χ0) is 43.8. The summed E-state index contributed by atoms with van der Waals surface area (Å²) in [4.78, 5) is 26.1. The van der Waals surface area contributed by atoms with E-state index in [2.05, 4.69) is 38.2 Å². The van der Waals surface area contributed by atoms with Crippen LogP contribution < -0.4 is 5.32 Å². The first-order valence-corrected chi connectivity index (χ1v) is 26.9. The molecule has 3 N–H and O–H groups in total. The van der Waals surface area contributed by atoms with Crippen LogP contribution in [0.5, 0.6) is 0 Å². The van der Waals surface area contributed by atoms with Crippen LogP contribution in [0.3, 0.4) is 0 Å². The fraction of sp³-hybridized carbons (Fsp3) is 0.926. The highest BCUT2D eigenvalue weighted by Gasteiger charge is 2.24. The number of amides is 1. The molecule has 0 rings (SSSR count). The summed E-state index contributed by atoms with van der Waals surface area (Å²) in [7, 11) is 0. The van der Waals surface area contributed by atoms with Crippen molar-refractivity contribution in [1.82, 2.24) is 5.32 Å². The Morgan fingerprint density at radius 1 is 0.467 bits per heavy atom. The zero-order valence-electron chi connectivity index (χ0n) is 40.6. The maximum atomic E-state index is 13.2. The molecule has 60 heavy (non-hydrogen) atoms. The van der Waals surface area contributed by atoms with Gasteiger partial charge in [0.15, 0.2) is 0 Å². The number of nitrogens with one attached hydrogen (secondary N) is 1. The third-order valence-electron chi connectivity index (χ3n) is 12.6. The summed E-state index contributed by atoms with van der Waals surface area (Å²) >= 11 is 0. The monoisotopic (exact) mass is 848 g/mol. The lowest BCUT2D eigenvalue weighted by Gasteiger charge is -2.24. The first-order valence-electron chi connectivity index (χ1n) is 26.9. The van der Waals surface area contributed by atoms with E-state index in [1.807, 2.05) is 0 Å². The van der Waals surface area contributed by atoms with Gasteiger partial charge in [0.1, 0.15) is 6.10 Å². The SMILES string of the molecule is CCCCCCCCCCC/C=C/CCCCCCCC(=O)OC(CCCCCCCCCCCCCCCC)CC(=O)NC(CO)C(O)CCCCCCCCCCC. The van der Waals surface area contributed by atoms with Crippen LogP contribution in [0.2, 0.25) is 0 Å². The second-order valence-electron chi connectivity index (χ2n) is 18.6. The summed E-state index contributed by atoms with van der Waals surface area (Å²) in [5, 5.41) is 23.7. The molecule has 356 valence electrons. The quantitative estimate of drug-likeness (QED) is 0.0322. The van der Waals surface area contributed by atoms with E-state index in [9.17, 15) is 19.8 Å². The molecule has 0 aromatic carbocycles. The van der Waals surface area contributed by atoms with Crippen molar-refractivity contribution in [1.29, 1.82) is 0 Å². The molecule has 0 saturated carbocycles. The largest absolute Gasteiger partial charge is 0.462 e. The van der Waals surface area contributed by atoms with Gasteiger partial charge in [-0.15, -0.1) is 0 Å². The number of rotatable bonds is 49. The lowest BCUT2D eigenvalue weighted by molar-refractivity contribution is -0.151. The van der Waals surface area contributed by atoms with E-state index in [1.54, 1.807) is 0 Å². The molecular weight excluding hydrogens is 743 g/mol. The molecule has 0 bridgehead atoms. The van der Waals surface area contributed by atoms with Crippen LogP contribution in [0, 0.1) is 0 Å². The first-order chi connectivity index (χ1) is 29.5. The lowest BCUT2D eigenvalue weighted by atomic mass is 10.0. The first kappa shape index (κ1) is 58.6. The summed E-state index contributed by atoms with van der Waals surface area (Å²) in [6, 6.07) is -0.695. The van der Waals surface area contributed by atoms with Gasteiger partial charge >= 0.3 is 5.97 Å². The van der Waals surface area contributed by atoms with Gasteiger partial charge in [-0.05, 0) is 51.4 Å². The molecular formula is C54H105NO5. The normalized spacial score (nSPS) is 13.2. The van der Waals surface area contributed by atoms with E-state index in [4.69, 9.17) is 4.74 Å². The van der Waals surface area contributed by atoms with E-state index >= 15 is 0 Å². The van der Waals surface area contributed by atoms with Crippen molar-refractivity contribution in [3.63, 3.8) is 0 Å². The molecule has 6 heteroatoms. The number of allylic oxidation sites excluding steroid dienone is 2. The van der Waals surface area contributed by atoms with Gasteiger partial charge in [0.25, 0.3) is 0 Å². The Balaban J connectivity index is 4.50. The molecule has 3 atom stereocenters. The lowest BCUT2D eigenvalue weighted by Crippen LogP contribution is -2.46. The summed E-state index contributed by atoms with van der Waals surface area (Å²) < 4.78 is 5.94. The Morgan fingerprint density at radius 2 is 0.800 bits per heavy atom. The van der Waals surface area contributed by atoms with Crippen LogP contribution in [-0.2, 0) is 14.3 Å². The molecule has 0 aromatic rings. The zero-order valence-corrected chi connectivity index (χ0v) is 40.6. The van der Waals surface area contributed by atoms with Crippen LogP contribution in [0.1, 0.15) is 297 Å². The molecule has 0 radical (unpaired) electrons. The minimum atomic E-state index is -0.782. The standard InChI is InChI=1S/C54H105NO5/c1-4-7-10-13-16-19-21-23-25-26-27-28-30-32-35-38-41-44-47-54(59)60-50(45-42-39-36-34-31-29-24-22-20-17-14-11-8-5-2)48-53(58)55-51(49-56)52(57)46-43-40-37-33-18-15-12-9-6-3/h27-28,50-52,56-57H,4-26,29-49H2,1-3H3,(H,55,58)/b28-27+. The fourth-order valence-corrected chi connectivity index (χ4v) is 8.49. The second-order valence-corrected chi connectivity index (χ2v) is 18.6. The predicted octanol–water partition coefficient (Wildman–Crippen LogP) is 16.1.